The molecule has 0 radical (unpaired) electrons. The van der Waals surface area contributed by atoms with E-state index in [2.05, 4.69) is 13.5 Å². The second-order valence-corrected chi connectivity index (χ2v) is 18.0. The highest BCUT2D eigenvalue weighted by Crippen LogP contribution is 2.73. The van der Waals surface area contributed by atoms with Crippen molar-refractivity contribution < 1.29 is 84.3 Å². The number of aliphatic carboxylic acids is 1. The summed E-state index contributed by atoms with van der Waals surface area (Å²) in [5, 5.41) is 106. The van der Waals surface area contributed by atoms with Gasteiger partial charge in [-0.3, -0.25) is 4.79 Å². The minimum atomic E-state index is -1.88. The molecule has 2 bridgehead atoms. The van der Waals surface area contributed by atoms with Gasteiger partial charge < -0.3 is 79.5 Å². The Morgan fingerprint density at radius 1 is 0.727 bits per heavy atom. The van der Waals surface area contributed by atoms with Gasteiger partial charge in [0.05, 0.1) is 30.3 Å². The van der Waals surface area contributed by atoms with E-state index in [1.54, 1.807) is 0 Å². The Bertz CT molecular complexity index is 1430. The van der Waals surface area contributed by atoms with E-state index in [0.717, 1.165) is 31.3 Å². The van der Waals surface area contributed by atoms with Crippen LogP contribution in [0.5, 0.6) is 0 Å². The molecule has 314 valence electrons. The van der Waals surface area contributed by atoms with Crippen LogP contribution < -0.4 is 0 Å². The predicted octanol–water partition coefficient (Wildman–Crippen LogP) is -1.34. The Kier molecular flexibility index (Phi) is 11.4. The van der Waals surface area contributed by atoms with E-state index in [1.165, 1.54) is 6.92 Å². The van der Waals surface area contributed by atoms with Crippen molar-refractivity contribution in [3.63, 3.8) is 0 Å². The Morgan fingerprint density at radius 2 is 1.31 bits per heavy atom. The molecule has 55 heavy (non-hydrogen) atoms. The molecule has 3 saturated heterocycles. The number of carbonyl (C=O) groups is 1. The maximum atomic E-state index is 12.7. The first-order valence-corrected chi connectivity index (χ1v) is 19.7. The first kappa shape index (κ1) is 41.8. The molecule has 17 nitrogen and oxygen atoms in total. The van der Waals surface area contributed by atoms with E-state index in [1.807, 2.05) is 6.92 Å². The van der Waals surface area contributed by atoms with E-state index in [0.29, 0.717) is 32.1 Å². The summed E-state index contributed by atoms with van der Waals surface area (Å²) in [6.07, 6.45) is -17.6. The average Bonchev–Trinajstić information content (AvgIpc) is 3.34. The van der Waals surface area contributed by atoms with Crippen LogP contribution in [0, 0.1) is 28.1 Å². The summed E-state index contributed by atoms with van der Waals surface area (Å²) in [7, 11) is 0. The first-order valence-electron chi connectivity index (χ1n) is 19.7. The molecular formula is C38H60O17. The van der Waals surface area contributed by atoms with Crippen LogP contribution in [0.4, 0.5) is 0 Å². The molecule has 10 N–H and O–H groups in total. The minimum absolute atomic E-state index is 0.00826. The van der Waals surface area contributed by atoms with Gasteiger partial charge >= 0.3 is 5.97 Å². The zero-order valence-electron chi connectivity index (χ0n) is 31.6. The van der Waals surface area contributed by atoms with Crippen LogP contribution in [0.1, 0.15) is 78.6 Å². The molecule has 7 fully saturated rings. The van der Waals surface area contributed by atoms with Crippen LogP contribution in [-0.4, -0.2) is 168 Å². The molecule has 17 heteroatoms. The monoisotopic (exact) mass is 788 g/mol. The number of fused-ring (bicyclic) bond motifs is 3. The van der Waals surface area contributed by atoms with Crippen LogP contribution in [0.3, 0.4) is 0 Å². The fourth-order valence-electron chi connectivity index (χ4n) is 12.0. The molecule has 3 heterocycles. The van der Waals surface area contributed by atoms with Crippen LogP contribution in [0.15, 0.2) is 12.2 Å². The molecule has 3 aliphatic heterocycles. The topological polar surface area (TPSA) is 275 Å². The molecule has 1 spiro atoms. The zero-order chi connectivity index (χ0) is 40.0. The van der Waals surface area contributed by atoms with Crippen LogP contribution >= 0.6 is 0 Å². The first-order chi connectivity index (χ1) is 25.9. The van der Waals surface area contributed by atoms with E-state index in [9.17, 15) is 55.9 Å². The van der Waals surface area contributed by atoms with Gasteiger partial charge in [-0.2, -0.15) is 0 Å². The van der Waals surface area contributed by atoms with Crippen molar-refractivity contribution in [3.8, 4) is 0 Å². The predicted molar refractivity (Wildman–Crippen MR) is 185 cm³/mol. The molecule has 7 aliphatic rings. The third-order valence-electron chi connectivity index (χ3n) is 15.0. The number of ether oxygens (including phenoxy) is 6. The molecule has 21 atom stereocenters. The Labute approximate surface area is 319 Å². The van der Waals surface area contributed by atoms with Gasteiger partial charge in [0.2, 0.25) is 0 Å². The summed E-state index contributed by atoms with van der Waals surface area (Å²) in [5.41, 5.74) is -1.49. The lowest BCUT2D eigenvalue weighted by molar-refractivity contribution is -0.398. The minimum Gasteiger partial charge on any atom is -0.481 e. The Balaban J connectivity index is 1.21. The standard InChI is InChI=1S/C38H60O17/c1-16-12-37-10-6-20-35(3,8-5-9-36(20,4)34(48)49)21(37)7-11-38(16,15-37)55-33-30(54-31-27(46)25(44)22(41)17(2)50-31)29(24(43)19(14-40)52-33)53-32-28(47)26(45)23(42)18(13-39)51-32/h17-33,39-47H,1,5-15H2,2-4H3,(H,48,49)/t17-,18+,19+,20-,21-,22-,23+,24+,25+,26-,27+,28+,29-,30+,31-,32-,33-,35+,36+,37+,38-/m0/s1. The van der Waals surface area contributed by atoms with Crippen molar-refractivity contribution in [1.29, 1.82) is 0 Å². The molecule has 0 aromatic carbocycles. The van der Waals surface area contributed by atoms with Gasteiger partial charge in [-0.25, -0.2) is 0 Å². The van der Waals surface area contributed by atoms with Gasteiger partial charge in [0.1, 0.15) is 67.1 Å². The fraction of sp³-hybridized carbons (Fsp3) is 0.921. The summed E-state index contributed by atoms with van der Waals surface area (Å²) in [4.78, 5) is 12.7. The maximum absolute atomic E-state index is 12.7. The Morgan fingerprint density at radius 3 is 1.96 bits per heavy atom. The van der Waals surface area contributed by atoms with E-state index in [4.69, 9.17) is 28.4 Å². The molecule has 0 unspecified atom stereocenters. The lowest BCUT2D eigenvalue weighted by Crippen LogP contribution is -2.67. The second kappa shape index (κ2) is 15.0. The normalized spacial score (nSPS) is 55.4. The van der Waals surface area contributed by atoms with Gasteiger partial charge in [0, 0.05) is 0 Å². The summed E-state index contributed by atoms with van der Waals surface area (Å²) < 4.78 is 36.9. The maximum Gasteiger partial charge on any atom is 0.309 e. The highest BCUT2D eigenvalue weighted by atomic mass is 16.8. The number of hydrogen-bond acceptors (Lipinski definition) is 16. The van der Waals surface area contributed by atoms with Crippen molar-refractivity contribution in [2.75, 3.05) is 13.2 Å². The third-order valence-corrected chi connectivity index (χ3v) is 15.0. The summed E-state index contributed by atoms with van der Waals surface area (Å²) in [6, 6.07) is 0. The van der Waals surface area contributed by atoms with Gasteiger partial charge in [0.25, 0.3) is 0 Å². The number of carboxylic acids is 1. The van der Waals surface area contributed by atoms with Crippen LogP contribution in [0.25, 0.3) is 0 Å². The molecule has 0 aromatic rings. The molecule has 7 rings (SSSR count). The summed E-state index contributed by atoms with van der Waals surface area (Å²) in [6.45, 7) is 8.61. The number of aliphatic hydroxyl groups excluding tert-OH is 9. The molecule has 4 saturated carbocycles. The lowest BCUT2D eigenvalue weighted by atomic mass is 9.41. The van der Waals surface area contributed by atoms with Gasteiger partial charge in [-0.05, 0) is 93.5 Å². The van der Waals surface area contributed by atoms with Crippen LogP contribution in [0.2, 0.25) is 0 Å². The SMILES string of the molecule is C=C1C[C@@]23CC[C@H]4[C@@](C)(CCC[C@@]4(C)C(=O)O)[C@@H]2CC[C@]1(O[C@@H]1O[C@H](CO)[C@@H](O)[C@H](O[C@@H]2O[C@H](CO)[C@@H](O)[C@H](O)[C@H]2O)[C@H]1O[C@@H]1O[C@@H](C)[C@H](O)[C@@H](O)[C@H]1O)C3. The molecule has 4 aliphatic carbocycles. The van der Waals surface area contributed by atoms with Crippen LogP contribution in [-0.2, 0) is 33.2 Å². The number of rotatable bonds is 9. The average molecular weight is 789 g/mol. The van der Waals surface area contributed by atoms with E-state index >= 15 is 0 Å². The molecular weight excluding hydrogens is 728 g/mol. The quantitative estimate of drug-likeness (QED) is 0.0956. The number of aliphatic hydroxyl groups is 9. The zero-order valence-corrected chi connectivity index (χ0v) is 31.6. The third kappa shape index (κ3) is 6.63. The van der Waals surface area contributed by atoms with Crippen molar-refractivity contribution in [1.82, 2.24) is 0 Å². The van der Waals surface area contributed by atoms with Crippen molar-refractivity contribution in [3.05, 3.63) is 12.2 Å². The van der Waals surface area contributed by atoms with Gasteiger partial charge in [0.15, 0.2) is 18.9 Å². The molecule has 0 amide bonds. The van der Waals surface area contributed by atoms with Gasteiger partial charge in [-0.1, -0.05) is 19.9 Å². The van der Waals surface area contributed by atoms with Crippen molar-refractivity contribution >= 4 is 5.97 Å². The lowest BCUT2D eigenvalue weighted by Gasteiger charge is -2.64. The van der Waals surface area contributed by atoms with Crippen molar-refractivity contribution in [2.24, 2.45) is 28.1 Å². The Hall–Kier alpha value is -1.39. The summed E-state index contributed by atoms with van der Waals surface area (Å²) >= 11 is 0. The smallest absolute Gasteiger partial charge is 0.309 e. The summed E-state index contributed by atoms with van der Waals surface area (Å²) in [5.74, 6) is -0.551. The highest BCUT2D eigenvalue weighted by molar-refractivity contribution is 5.75. The number of carboxylic acid groups (broad SMARTS) is 1. The number of hydrogen-bond donors (Lipinski definition) is 10. The largest absolute Gasteiger partial charge is 0.481 e. The van der Waals surface area contributed by atoms with Crippen molar-refractivity contribution in [2.45, 2.75) is 176 Å². The van der Waals surface area contributed by atoms with E-state index in [-0.39, 0.29) is 22.7 Å². The molecule has 0 aromatic heterocycles. The second-order valence-electron chi connectivity index (χ2n) is 18.0. The van der Waals surface area contributed by atoms with E-state index < -0.39 is 122 Å². The fourth-order valence-corrected chi connectivity index (χ4v) is 12.0. The van der Waals surface area contributed by atoms with Gasteiger partial charge in [-0.15, -0.1) is 0 Å². The highest BCUT2D eigenvalue weighted by Gasteiger charge is 2.69.